The molecule has 5 saturated carbocycles. The normalized spacial score (nSPS) is 47.1. The standard InChI is InChI=1S/C39H57F2N3O4/c1-22-12-28(19-44(23(2)45)18-24-13-26(40)15-27(41)14-24)48-33-32(22)36(5)10-11-38-21-37(38)9-8-31(47-20-25-16-43-17-25)35(3,4)29(37)6-7-30(38)39(36,42)34(33)46/h13-15,22,25,28-34,43,46H,6-12,16-21,42H2,1-5H3. The number of nitrogens with two attached hydrogens (primary N) is 1. The Morgan fingerprint density at radius 3 is 2.42 bits per heavy atom. The van der Waals surface area contributed by atoms with Gasteiger partial charge in [-0.15, -0.1) is 0 Å². The average Bonchev–Trinajstić information content (AvgIpc) is 3.61. The first-order valence-corrected chi connectivity index (χ1v) is 18.8. The van der Waals surface area contributed by atoms with Crippen LogP contribution in [0.15, 0.2) is 18.2 Å². The lowest BCUT2D eigenvalue weighted by Crippen LogP contribution is -2.70. The van der Waals surface area contributed by atoms with Crippen LogP contribution in [0.25, 0.3) is 0 Å². The van der Waals surface area contributed by atoms with Gasteiger partial charge in [-0.1, -0.05) is 27.7 Å². The minimum absolute atomic E-state index is 0.0985. The second kappa shape index (κ2) is 11.2. The topological polar surface area (TPSA) is 97.1 Å². The summed E-state index contributed by atoms with van der Waals surface area (Å²) in [6, 6.07) is 3.38. The van der Waals surface area contributed by atoms with E-state index in [1.807, 2.05) is 0 Å². The van der Waals surface area contributed by atoms with Crippen molar-refractivity contribution in [1.82, 2.24) is 10.2 Å². The summed E-state index contributed by atoms with van der Waals surface area (Å²) in [7, 11) is 0. The van der Waals surface area contributed by atoms with Gasteiger partial charge in [0.05, 0.1) is 36.6 Å². The summed E-state index contributed by atoms with van der Waals surface area (Å²) in [4.78, 5) is 14.3. The van der Waals surface area contributed by atoms with Gasteiger partial charge >= 0.3 is 0 Å². The third kappa shape index (κ3) is 4.55. The number of halogens is 2. The molecule has 7 aliphatic rings. The molecule has 7 nitrogen and oxygen atoms in total. The first-order valence-electron chi connectivity index (χ1n) is 18.8. The molecule has 12 atom stereocenters. The van der Waals surface area contributed by atoms with Crippen molar-refractivity contribution in [2.24, 2.45) is 57.0 Å². The monoisotopic (exact) mass is 669 g/mol. The highest BCUT2D eigenvalue weighted by molar-refractivity contribution is 5.73. The first-order chi connectivity index (χ1) is 22.7. The quantitative estimate of drug-likeness (QED) is 0.359. The number of ether oxygens (including phenoxy) is 2. The van der Waals surface area contributed by atoms with E-state index < -0.39 is 29.4 Å². The molecule has 0 aromatic heterocycles. The molecular formula is C39H57F2N3O4. The molecular weight excluding hydrogens is 612 g/mol. The number of nitrogens with one attached hydrogen (secondary N) is 1. The van der Waals surface area contributed by atoms with Gasteiger partial charge in [0.15, 0.2) is 0 Å². The maximum atomic E-state index is 13.9. The maximum absolute atomic E-state index is 13.9. The fraction of sp³-hybridized carbons (Fsp3) is 0.821. The van der Waals surface area contributed by atoms with E-state index in [2.05, 4.69) is 33.0 Å². The van der Waals surface area contributed by atoms with Crippen molar-refractivity contribution in [3.05, 3.63) is 35.4 Å². The van der Waals surface area contributed by atoms with Crippen molar-refractivity contribution >= 4 is 5.91 Å². The molecule has 2 saturated heterocycles. The summed E-state index contributed by atoms with van der Waals surface area (Å²) in [5.74, 6) is 0.381. The number of fused-ring (bicyclic) bond motifs is 4. The van der Waals surface area contributed by atoms with Crippen molar-refractivity contribution in [3.63, 3.8) is 0 Å². The fourth-order valence-corrected chi connectivity index (χ4v) is 13.6. The zero-order valence-corrected chi connectivity index (χ0v) is 29.6. The lowest BCUT2D eigenvalue weighted by Gasteiger charge is -2.63. The van der Waals surface area contributed by atoms with E-state index in [4.69, 9.17) is 15.2 Å². The van der Waals surface area contributed by atoms with Crippen LogP contribution in [0, 0.1) is 62.9 Å². The molecule has 5 aliphatic carbocycles. The van der Waals surface area contributed by atoms with E-state index in [0.717, 1.165) is 57.9 Å². The minimum atomic E-state index is -0.791. The molecule has 0 radical (unpaired) electrons. The Morgan fingerprint density at radius 2 is 1.75 bits per heavy atom. The van der Waals surface area contributed by atoms with E-state index in [1.165, 1.54) is 38.3 Å². The number of rotatable bonds is 7. The number of carbonyl (C=O) groups excluding carboxylic acids is 1. The van der Waals surface area contributed by atoms with Gasteiger partial charge in [-0.3, -0.25) is 4.79 Å². The Morgan fingerprint density at radius 1 is 1.06 bits per heavy atom. The molecule has 1 aromatic carbocycles. The first kappa shape index (κ1) is 33.5. The molecule has 8 rings (SSSR count). The van der Waals surface area contributed by atoms with E-state index >= 15 is 0 Å². The van der Waals surface area contributed by atoms with Crippen LogP contribution >= 0.6 is 0 Å². The summed E-state index contributed by atoms with van der Waals surface area (Å²) in [5, 5.41) is 15.8. The fourth-order valence-electron chi connectivity index (χ4n) is 13.6. The highest BCUT2D eigenvalue weighted by Gasteiger charge is 2.85. The molecule has 9 heteroatoms. The predicted octanol–water partition coefficient (Wildman–Crippen LogP) is 5.42. The summed E-state index contributed by atoms with van der Waals surface area (Å²) >= 11 is 0. The molecule has 2 heterocycles. The SMILES string of the molecule is CC(=O)N(Cc1cc(F)cc(F)c1)CC1CC(C)C2C(O1)C(O)C1(N)C3CCC4C(C)(C)C(OCC5CNC5)CCC45CC35CCC21C. The zero-order chi connectivity index (χ0) is 34.0. The van der Waals surface area contributed by atoms with E-state index in [1.54, 1.807) is 4.90 Å². The molecule has 1 aromatic rings. The third-order valence-electron chi connectivity index (χ3n) is 15.9. The molecule has 7 fully saturated rings. The van der Waals surface area contributed by atoms with Crippen molar-refractivity contribution < 1.29 is 28.2 Å². The number of hydrogen-bond donors (Lipinski definition) is 3. The Bertz CT molecular complexity index is 1440. The zero-order valence-electron chi connectivity index (χ0n) is 29.6. The molecule has 1 amide bonds. The molecule has 266 valence electrons. The maximum Gasteiger partial charge on any atom is 0.219 e. The smallest absolute Gasteiger partial charge is 0.219 e. The molecule has 12 unspecified atom stereocenters. The second-order valence-corrected chi connectivity index (χ2v) is 18.3. The van der Waals surface area contributed by atoms with Gasteiger partial charge in [-0.05, 0) is 114 Å². The van der Waals surface area contributed by atoms with Gasteiger partial charge in [0.2, 0.25) is 5.91 Å². The van der Waals surface area contributed by atoms with Crippen molar-refractivity contribution in [2.45, 2.75) is 122 Å². The van der Waals surface area contributed by atoms with Crippen LogP contribution < -0.4 is 11.1 Å². The second-order valence-electron chi connectivity index (χ2n) is 18.3. The minimum Gasteiger partial charge on any atom is -0.388 e. The summed E-state index contributed by atoms with van der Waals surface area (Å²) in [6.07, 6.45) is 7.43. The van der Waals surface area contributed by atoms with Crippen LogP contribution in [-0.2, 0) is 20.8 Å². The van der Waals surface area contributed by atoms with Gasteiger partial charge in [0.1, 0.15) is 11.6 Å². The van der Waals surface area contributed by atoms with Crippen molar-refractivity contribution in [1.29, 1.82) is 0 Å². The lowest BCUT2D eigenvalue weighted by molar-refractivity contribution is -0.167. The Kier molecular flexibility index (Phi) is 7.80. The van der Waals surface area contributed by atoms with Gasteiger partial charge in [-0.25, -0.2) is 8.78 Å². The van der Waals surface area contributed by atoms with Gasteiger partial charge in [0.25, 0.3) is 0 Å². The molecule has 0 bridgehead atoms. The highest BCUT2D eigenvalue weighted by Crippen LogP contribution is 2.87. The van der Waals surface area contributed by atoms with E-state index in [0.29, 0.717) is 30.0 Å². The molecule has 48 heavy (non-hydrogen) atoms. The van der Waals surface area contributed by atoms with Crippen molar-refractivity contribution in [3.8, 4) is 0 Å². The van der Waals surface area contributed by atoms with Crippen LogP contribution in [0.4, 0.5) is 8.78 Å². The van der Waals surface area contributed by atoms with Crippen molar-refractivity contribution in [2.75, 3.05) is 26.2 Å². The number of aliphatic hydroxyl groups excluding tert-OH is 1. The third-order valence-corrected chi connectivity index (χ3v) is 15.9. The Hall–Kier alpha value is -1.65. The number of benzene rings is 1. The Balaban J connectivity index is 1.02. The highest BCUT2D eigenvalue weighted by atomic mass is 19.1. The van der Waals surface area contributed by atoms with Crippen LogP contribution in [0.5, 0.6) is 0 Å². The van der Waals surface area contributed by atoms with Crippen LogP contribution in [0.3, 0.4) is 0 Å². The summed E-state index contributed by atoms with van der Waals surface area (Å²) in [6.45, 7) is 14.4. The van der Waals surface area contributed by atoms with Gasteiger partial charge in [0, 0.05) is 45.1 Å². The summed E-state index contributed by atoms with van der Waals surface area (Å²) < 4.78 is 41.4. The predicted molar refractivity (Wildman–Crippen MR) is 178 cm³/mol. The molecule has 2 aliphatic heterocycles. The van der Waals surface area contributed by atoms with E-state index in [9.17, 15) is 18.7 Å². The lowest BCUT2D eigenvalue weighted by atomic mass is 9.43. The summed E-state index contributed by atoms with van der Waals surface area (Å²) in [5.41, 5.74) is 7.76. The molecule has 4 N–H and O–H groups in total. The van der Waals surface area contributed by atoms with E-state index in [-0.39, 0.29) is 58.0 Å². The Labute approximate surface area is 285 Å². The number of aliphatic hydroxyl groups is 1. The largest absolute Gasteiger partial charge is 0.388 e. The molecule has 2 spiro atoms. The number of amides is 1. The number of carbonyl (C=O) groups is 1. The van der Waals surface area contributed by atoms with Crippen LogP contribution in [0.2, 0.25) is 0 Å². The van der Waals surface area contributed by atoms with Crippen LogP contribution in [-0.4, -0.2) is 72.1 Å². The average molecular weight is 670 g/mol. The number of hydrogen-bond acceptors (Lipinski definition) is 6. The van der Waals surface area contributed by atoms with Gasteiger partial charge < -0.3 is 30.5 Å². The van der Waals surface area contributed by atoms with Gasteiger partial charge in [-0.2, -0.15) is 0 Å². The van der Waals surface area contributed by atoms with Crippen LogP contribution in [0.1, 0.15) is 91.5 Å². The number of nitrogens with zero attached hydrogens (tertiary/aromatic N) is 1.